The molecule has 1 saturated carbocycles. The normalized spacial score (nSPS) is 38.9. The molecule has 0 aromatic carbocycles. The highest BCUT2D eigenvalue weighted by molar-refractivity contribution is 5.18. The summed E-state index contributed by atoms with van der Waals surface area (Å²) in [6.07, 6.45) is -9.12. The number of aliphatic hydroxyl groups is 1. The molecule has 1 aliphatic rings. The van der Waals surface area contributed by atoms with Gasteiger partial charge < -0.3 is 5.11 Å². The largest absolute Gasteiger partial charge is 0.423 e. The molecule has 20 heavy (non-hydrogen) atoms. The van der Waals surface area contributed by atoms with Crippen molar-refractivity contribution in [1.29, 1.82) is 0 Å². The van der Waals surface area contributed by atoms with Crippen molar-refractivity contribution in [1.82, 2.24) is 0 Å². The summed E-state index contributed by atoms with van der Waals surface area (Å²) in [4.78, 5) is 0. The van der Waals surface area contributed by atoms with Crippen molar-refractivity contribution >= 4 is 0 Å². The third kappa shape index (κ3) is 2.08. The Kier molecular flexibility index (Phi) is 3.88. The van der Waals surface area contributed by atoms with Crippen LogP contribution in [0.3, 0.4) is 0 Å². The van der Waals surface area contributed by atoms with Crippen molar-refractivity contribution in [2.24, 2.45) is 5.92 Å². The minimum atomic E-state index is -5.92. The van der Waals surface area contributed by atoms with E-state index < -0.39 is 48.1 Å². The van der Waals surface area contributed by atoms with Crippen LogP contribution in [0.25, 0.3) is 0 Å². The van der Waals surface area contributed by atoms with E-state index in [0.29, 0.717) is 0 Å². The SMILES string of the molecule is CCC1CC(O)(C(F)(F)F)C(F)(F)C(F)(C(C)(F)F)C1. The molecule has 9 heteroatoms. The summed E-state index contributed by atoms with van der Waals surface area (Å²) >= 11 is 0. The van der Waals surface area contributed by atoms with E-state index in [4.69, 9.17) is 0 Å². The van der Waals surface area contributed by atoms with Crippen molar-refractivity contribution in [3.63, 3.8) is 0 Å². The van der Waals surface area contributed by atoms with E-state index in [2.05, 4.69) is 0 Å². The van der Waals surface area contributed by atoms with Crippen molar-refractivity contribution in [3.8, 4) is 0 Å². The Morgan fingerprint density at radius 3 is 1.80 bits per heavy atom. The van der Waals surface area contributed by atoms with Gasteiger partial charge in [0.15, 0.2) is 0 Å². The van der Waals surface area contributed by atoms with E-state index >= 15 is 0 Å². The van der Waals surface area contributed by atoms with Crippen molar-refractivity contribution in [2.45, 2.75) is 62.4 Å². The average Bonchev–Trinajstić information content (AvgIpc) is 2.22. The number of hydrogen-bond acceptors (Lipinski definition) is 1. The molecular formula is C11H14F8O. The standard InChI is InChI=1S/C11H14F8O/c1-3-6-4-8(14,7(2,12)13)10(15,16)9(20,5-6)11(17,18)19/h6,20H,3-5H2,1-2H3. The van der Waals surface area contributed by atoms with Gasteiger partial charge in [0.25, 0.3) is 5.92 Å². The Bertz CT molecular complexity index is 342. The summed E-state index contributed by atoms with van der Waals surface area (Å²) in [6, 6.07) is 0. The lowest BCUT2D eigenvalue weighted by Crippen LogP contribution is -2.74. The molecule has 0 radical (unpaired) electrons. The maximum absolute atomic E-state index is 14.2. The summed E-state index contributed by atoms with van der Waals surface area (Å²) in [7, 11) is 0. The molecular weight excluding hydrogens is 300 g/mol. The maximum atomic E-state index is 14.2. The summed E-state index contributed by atoms with van der Waals surface area (Å²) in [6.45, 7) is 1.04. The second-order valence-corrected chi connectivity index (χ2v) is 5.30. The lowest BCUT2D eigenvalue weighted by Gasteiger charge is -2.52. The quantitative estimate of drug-likeness (QED) is 0.761. The molecule has 3 atom stereocenters. The summed E-state index contributed by atoms with van der Waals surface area (Å²) in [5, 5.41) is 9.29. The molecule has 120 valence electrons. The first-order valence-corrected chi connectivity index (χ1v) is 5.87. The number of hydrogen-bond donors (Lipinski definition) is 1. The lowest BCUT2D eigenvalue weighted by atomic mass is 9.64. The average molecular weight is 314 g/mol. The Hall–Kier alpha value is -0.600. The number of alkyl halides is 8. The van der Waals surface area contributed by atoms with Gasteiger partial charge >= 0.3 is 12.1 Å². The fraction of sp³-hybridized carbons (Fsp3) is 1.00. The van der Waals surface area contributed by atoms with E-state index in [0.717, 1.165) is 0 Å². The second-order valence-electron chi connectivity index (χ2n) is 5.30. The zero-order chi connectivity index (χ0) is 16.2. The minimum Gasteiger partial charge on any atom is -0.376 e. The first-order chi connectivity index (χ1) is 8.64. The molecule has 0 saturated heterocycles. The van der Waals surface area contributed by atoms with E-state index in [9.17, 15) is 40.2 Å². The van der Waals surface area contributed by atoms with E-state index in [1.807, 2.05) is 0 Å². The summed E-state index contributed by atoms with van der Waals surface area (Å²) in [5.41, 5.74) is -9.57. The summed E-state index contributed by atoms with van der Waals surface area (Å²) in [5.74, 6) is -11.8. The first kappa shape index (κ1) is 17.5. The molecule has 1 fully saturated rings. The molecule has 0 spiro atoms. The Balaban J connectivity index is 3.50. The van der Waals surface area contributed by atoms with Crippen LogP contribution in [0.15, 0.2) is 0 Å². The highest BCUT2D eigenvalue weighted by atomic mass is 19.4. The molecule has 1 aliphatic carbocycles. The number of rotatable bonds is 2. The summed E-state index contributed by atoms with van der Waals surface area (Å²) < 4.78 is 106. The Morgan fingerprint density at radius 1 is 1.05 bits per heavy atom. The van der Waals surface area contributed by atoms with Crippen LogP contribution < -0.4 is 0 Å². The monoisotopic (exact) mass is 314 g/mol. The smallest absolute Gasteiger partial charge is 0.376 e. The van der Waals surface area contributed by atoms with Crippen molar-refractivity contribution in [3.05, 3.63) is 0 Å². The molecule has 0 aromatic rings. The fourth-order valence-electron chi connectivity index (χ4n) is 2.51. The van der Waals surface area contributed by atoms with Crippen molar-refractivity contribution in [2.75, 3.05) is 0 Å². The third-order valence-corrected chi connectivity index (χ3v) is 3.91. The van der Waals surface area contributed by atoms with Gasteiger partial charge in [-0.05, 0) is 18.8 Å². The zero-order valence-corrected chi connectivity index (χ0v) is 10.7. The van der Waals surface area contributed by atoms with Crippen LogP contribution in [-0.4, -0.2) is 34.4 Å². The van der Waals surface area contributed by atoms with Gasteiger partial charge in [-0.2, -0.15) is 22.0 Å². The van der Waals surface area contributed by atoms with Gasteiger partial charge in [-0.15, -0.1) is 0 Å². The van der Waals surface area contributed by atoms with Crippen LogP contribution in [-0.2, 0) is 0 Å². The van der Waals surface area contributed by atoms with E-state index in [1.165, 1.54) is 6.92 Å². The molecule has 0 aliphatic heterocycles. The predicted octanol–water partition coefficient (Wildman–Crippen LogP) is 4.10. The molecule has 1 N–H and O–H groups in total. The zero-order valence-electron chi connectivity index (χ0n) is 10.7. The topological polar surface area (TPSA) is 20.2 Å². The molecule has 3 unspecified atom stereocenters. The highest BCUT2D eigenvalue weighted by Gasteiger charge is 2.83. The van der Waals surface area contributed by atoms with Gasteiger partial charge in [-0.1, -0.05) is 13.3 Å². The highest BCUT2D eigenvalue weighted by Crippen LogP contribution is 2.61. The fourth-order valence-corrected chi connectivity index (χ4v) is 2.51. The van der Waals surface area contributed by atoms with Crippen LogP contribution >= 0.6 is 0 Å². The van der Waals surface area contributed by atoms with Crippen LogP contribution in [0.1, 0.15) is 33.1 Å². The van der Waals surface area contributed by atoms with Crippen LogP contribution in [0.2, 0.25) is 0 Å². The van der Waals surface area contributed by atoms with Crippen LogP contribution in [0, 0.1) is 5.92 Å². The first-order valence-electron chi connectivity index (χ1n) is 5.87. The lowest BCUT2D eigenvalue weighted by molar-refractivity contribution is -0.399. The van der Waals surface area contributed by atoms with Gasteiger partial charge in [0.2, 0.25) is 11.3 Å². The van der Waals surface area contributed by atoms with Gasteiger partial charge in [0.1, 0.15) is 0 Å². The molecule has 0 heterocycles. The maximum Gasteiger partial charge on any atom is 0.423 e. The Morgan fingerprint density at radius 2 is 1.50 bits per heavy atom. The minimum absolute atomic E-state index is 0.213. The van der Waals surface area contributed by atoms with Crippen LogP contribution in [0.5, 0.6) is 0 Å². The molecule has 0 amide bonds. The van der Waals surface area contributed by atoms with Gasteiger partial charge in [0, 0.05) is 6.92 Å². The van der Waals surface area contributed by atoms with Crippen LogP contribution in [0.4, 0.5) is 35.1 Å². The molecule has 0 bridgehead atoms. The van der Waals surface area contributed by atoms with Gasteiger partial charge in [-0.3, -0.25) is 0 Å². The second kappa shape index (κ2) is 4.45. The molecule has 1 nitrogen and oxygen atoms in total. The van der Waals surface area contributed by atoms with E-state index in [1.54, 1.807) is 0 Å². The van der Waals surface area contributed by atoms with Gasteiger partial charge in [-0.25, -0.2) is 13.2 Å². The predicted molar refractivity (Wildman–Crippen MR) is 53.4 cm³/mol. The molecule has 0 aromatic heterocycles. The van der Waals surface area contributed by atoms with Gasteiger partial charge in [0.05, 0.1) is 0 Å². The third-order valence-electron chi connectivity index (χ3n) is 3.91. The molecule has 1 rings (SSSR count). The van der Waals surface area contributed by atoms with Crippen molar-refractivity contribution < 1.29 is 40.2 Å². The van der Waals surface area contributed by atoms with E-state index in [-0.39, 0.29) is 13.3 Å². The Labute approximate surface area is 110 Å². The number of halogens is 8.